The molecule has 0 atom stereocenters. The molecule has 0 heterocycles. The smallest absolute Gasteiger partial charge is 0.337 e. The quantitative estimate of drug-likeness (QED) is 0.544. The minimum atomic E-state index is -1.17. The zero-order valence-corrected chi connectivity index (χ0v) is 7.14. The molecule has 0 unspecified atom stereocenters. The number of phenolic OH excluding ortho intramolecular Hbond substituents is 1. The van der Waals surface area contributed by atoms with E-state index in [1.807, 2.05) is 0 Å². The van der Waals surface area contributed by atoms with Crippen molar-refractivity contribution in [1.82, 2.24) is 0 Å². The van der Waals surface area contributed by atoms with E-state index in [0.29, 0.717) is 5.56 Å². The molecule has 0 aromatic heterocycles. The fourth-order valence-corrected chi connectivity index (χ4v) is 0.974. The molecule has 4 heteroatoms. The third-order valence-electron chi connectivity index (χ3n) is 1.62. The van der Waals surface area contributed by atoms with Crippen molar-refractivity contribution in [1.29, 1.82) is 5.26 Å². The molecule has 2 N–H and O–H groups in total. The van der Waals surface area contributed by atoms with Crippen molar-refractivity contribution in [2.45, 2.75) is 0 Å². The highest BCUT2D eigenvalue weighted by Gasteiger charge is 2.09. The highest BCUT2D eigenvalue weighted by molar-refractivity contribution is 6.15. The van der Waals surface area contributed by atoms with Gasteiger partial charge in [-0.15, -0.1) is 0 Å². The Morgan fingerprint density at radius 1 is 1.36 bits per heavy atom. The van der Waals surface area contributed by atoms with E-state index in [1.54, 1.807) is 6.07 Å². The monoisotopic (exact) mass is 189 g/mol. The number of hydrogen-bond acceptors (Lipinski definition) is 3. The summed E-state index contributed by atoms with van der Waals surface area (Å²) in [6.45, 7) is 0. The van der Waals surface area contributed by atoms with Gasteiger partial charge in [0.2, 0.25) is 0 Å². The van der Waals surface area contributed by atoms with Crippen LogP contribution >= 0.6 is 0 Å². The minimum Gasteiger partial charge on any atom is -0.508 e. The predicted molar refractivity (Wildman–Crippen MR) is 49.3 cm³/mol. The molecule has 0 radical (unpaired) electrons. The van der Waals surface area contributed by atoms with Gasteiger partial charge in [0, 0.05) is 6.08 Å². The standard InChI is InChI=1S/C10H7NO3/c11-6-5-9(10(13)14)7-1-3-8(12)4-2-7/h1-5,12H,(H,13,14)/b9-5-. The van der Waals surface area contributed by atoms with E-state index >= 15 is 0 Å². The second kappa shape index (κ2) is 4.10. The van der Waals surface area contributed by atoms with Crippen LogP contribution in [0.25, 0.3) is 5.57 Å². The van der Waals surface area contributed by atoms with Crippen LogP contribution in [0, 0.1) is 11.3 Å². The maximum Gasteiger partial charge on any atom is 0.337 e. The normalized spacial score (nSPS) is 10.6. The van der Waals surface area contributed by atoms with Gasteiger partial charge in [-0.1, -0.05) is 12.1 Å². The molecular weight excluding hydrogens is 182 g/mol. The molecule has 0 amide bonds. The second-order valence-corrected chi connectivity index (χ2v) is 2.54. The number of allylic oxidation sites excluding steroid dienone is 1. The van der Waals surface area contributed by atoms with Crippen molar-refractivity contribution in [3.8, 4) is 11.8 Å². The first-order valence-corrected chi connectivity index (χ1v) is 3.77. The molecule has 0 saturated carbocycles. The number of benzene rings is 1. The van der Waals surface area contributed by atoms with E-state index in [0.717, 1.165) is 6.08 Å². The van der Waals surface area contributed by atoms with Crippen molar-refractivity contribution < 1.29 is 15.0 Å². The van der Waals surface area contributed by atoms with Crippen molar-refractivity contribution in [2.75, 3.05) is 0 Å². The number of nitrogens with zero attached hydrogens (tertiary/aromatic N) is 1. The van der Waals surface area contributed by atoms with E-state index in [1.165, 1.54) is 24.3 Å². The number of nitriles is 1. The summed E-state index contributed by atoms with van der Waals surface area (Å²) in [5.74, 6) is -1.12. The van der Waals surface area contributed by atoms with Crippen LogP contribution in [0.2, 0.25) is 0 Å². The van der Waals surface area contributed by atoms with Gasteiger partial charge in [0.1, 0.15) is 5.75 Å². The Morgan fingerprint density at radius 2 is 1.93 bits per heavy atom. The highest BCUT2D eigenvalue weighted by atomic mass is 16.4. The Labute approximate surface area is 80.3 Å². The molecule has 4 nitrogen and oxygen atoms in total. The van der Waals surface area contributed by atoms with Crippen LogP contribution in [0.15, 0.2) is 30.3 Å². The lowest BCUT2D eigenvalue weighted by molar-refractivity contribution is -0.130. The molecule has 0 aliphatic heterocycles. The zero-order chi connectivity index (χ0) is 10.6. The van der Waals surface area contributed by atoms with Gasteiger partial charge in [0.05, 0.1) is 11.6 Å². The Bertz CT molecular complexity index is 412. The van der Waals surface area contributed by atoms with Crippen LogP contribution in [0.5, 0.6) is 5.75 Å². The zero-order valence-electron chi connectivity index (χ0n) is 7.14. The van der Waals surface area contributed by atoms with Crippen molar-refractivity contribution in [3.05, 3.63) is 35.9 Å². The Kier molecular flexibility index (Phi) is 2.87. The maximum absolute atomic E-state index is 10.7. The van der Waals surface area contributed by atoms with Crippen LogP contribution < -0.4 is 0 Å². The summed E-state index contributed by atoms with van der Waals surface area (Å²) < 4.78 is 0. The van der Waals surface area contributed by atoms with Gasteiger partial charge < -0.3 is 10.2 Å². The first kappa shape index (κ1) is 9.81. The number of carbonyl (C=O) groups is 1. The third kappa shape index (κ3) is 2.11. The first-order chi connectivity index (χ1) is 6.65. The number of aliphatic carboxylic acids is 1. The first-order valence-electron chi connectivity index (χ1n) is 3.77. The number of aromatic hydroxyl groups is 1. The SMILES string of the molecule is N#C/C=C(\C(=O)O)c1ccc(O)cc1. The van der Waals surface area contributed by atoms with Crippen LogP contribution in [-0.4, -0.2) is 16.2 Å². The lowest BCUT2D eigenvalue weighted by Crippen LogP contribution is -1.98. The van der Waals surface area contributed by atoms with Crippen molar-refractivity contribution in [3.63, 3.8) is 0 Å². The number of carboxylic acid groups (broad SMARTS) is 1. The molecule has 0 aliphatic carbocycles. The molecule has 1 aromatic carbocycles. The van der Waals surface area contributed by atoms with Gasteiger partial charge in [0.25, 0.3) is 0 Å². The second-order valence-electron chi connectivity index (χ2n) is 2.54. The maximum atomic E-state index is 10.7. The Morgan fingerprint density at radius 3 is 2.36 bits per heavy atom. The Hall–Kier alpha value is -2.28. The third-order valence-corrected chi connectivity index (χ3v) is 1.62. The summed E-state index contributed by atoms with van der Waals surface area (Å²) in [5.41, 5.74) is 0.296. The van der Waals surface area contributed by atoms with E-state index in [-0.39, 0.29) is 11.3 Å². The average Bonchev–Trinajstić information content (AvgIpc) is 2.15. The molecule has 14 heavy (non-hydrogen) atoms. The average molecular weight is 189 g/mol. The number of phenols is 1. The predicted octanol–water partition coefficient (Wildman–Crippen LogP) is 1.38. The van der Waals surface area contributed by atoms with Gasteiger partial charge >= 0.3 is 5.97 Å². The fraction of sp³-hybridized carbons (Fsp3) is 0. The Balaban J connectivity index is 3.14. The summed E-state index contributed by atoms with van der Waals surface area (Å²) in [6, 6.07) is 7.26. The minimum absolute atomic E-state index is 0.0513. The van der Waals surface area contributed by atoms with Crippen LogP contribution in [-0.2, 0) is 4.79 Å². The van der Waals surface area contributed by atoms with E-state index in [2.05, 4.69) is 0 Å². The lowest BCUT2D eigenvalue weighted by atomic mass is 10.1. The molecule has 0 spiro atoms. The molecule has 70 valence electrons. The molecule has 1 aromatic rings. The molecule has 0 bridgehead atoms. The lowest BCUT2D eigenvalue weighted by Gasteiger charge is -2.00. The van der Waals surface area contributed by atoms with Crippen molar-refractivity contribution in [2.24, 2.45) is 0 Å². The largest absolute Gasteiger partial charge is 0.508 e. The number of rotatable bonds is 2. The number of carboxylic acids is 1. The van der Waals surface area contributed by atoms with Crippen LogP contribution in [0.1, 0.15) is 5.56 Å². The van der Waals surface area contributed by atoms with Crippen LogP contribution in [0.3, 0.4) is 0 Å². The van der Waals surface area contributed by atoms with Gasteiger partial charge in [0.15, 0.2) is 0 Å². The summed E-state index contributed by atoms with van der Waals surface area (Å²) in [6.07, 6.45) is 0.953. The van der Waals surface area contributed by atoms with Gasteiger partial charge in [-0.05, 0) is 17.7 Å². The summed E-state index contributed by atoms with van der Waals surface area (Å²) in [5, 5.41) is 26.1. The fourth-order valence-electron chi connectivity index (χ4n) is 0.974. The molecule has 1 rings (SSSR count). The highest BCUT2D eigenvalue weighted by Crippen LogP contribution is 2.17. The van der Waals surface area contributed by atoms with Gasteiger partial charge in [-0.25, -0.2) is 4.79 Å². The van der Waals surface area contributed by atoms with Gasteiger partial charge in [-0.3, -0.25) is 0 Å². The van der Waals surface area contributed by atoms with Crippen molar-refractivity contribution >= 4 is 11.5 Å². The topological polar surface area (TPSA) is 81.3 Å². The molecule has 0 fully saturated rings. The van der Waals surface area contributed by atoms with Crippen LogP contribution in [0.4, 0.5) is 0 Å². The molecule has 0 saturated heterocycles. The van der Waals surface area contributed by atoms with E-state index in [9.17, 15) is 4.79 Å². The van der Waals surface area contributed by atoms with Gasteiger partial charge in [-0.2, -0.15) is 5.26 Å². The van der Waals surface area contributed by atoms with E-state index in [4.69, 9.17) is 15.5 Å². The molecular formula is C10H7NO3. The molecule has 0 aliphatic rings. The summed E-state index contributed by atoms with van der Waals surface area (Å²) in [7, 11) is 0. The summed E-state index contributed by atoms with van der Waals surface area (Å²) in [4.78, 5) is 10.7. The number of hydrogen-bond donors (Lipinski definition) is 2. The summed E-state index contributed by atoms with van der Waals surface area (Å²) >= 11 is 0. The van der Waals surface area contributed by atoms with E-state index < -0.39 is 5.97 Å².